The van der Waals surface area contributed by atoms with Crippen molar-refractivity contribution in [3.8, 4) is 0 Å². The van der Waals surface area contributed by atoms with Gasteiger partial charge in [0.1, 0.15) is 0 Å². The molecule has 0 aliphatic heterocycles. The molecule has 46 valence electrons. The van der Waals surface area contributed by atoms with Gasteiger partial charge in [0.25, 0.3) is 8.61 Å². The van der Waals surface area contributed by atoms with Gasteiger partial charge < -0.3 is 5.09 Å². The standard InChI is InChI=1S/C5H5N2OP/c8-9-7-5-1-3-6-4-2-5/h1-4H,(H,6,7,8). The molecule has 0 aliphatic carbocycles. The van der Waals surface area contributed by atoms with Crippen molar-refractivity contribution in [2.24, 2.45) is 0 Å². The molecule has 1 N–H and O–H groups in total. The molecule has 3 nitrogen and oxygen atoms in total. The number of aromatic nitrogens is 1. The zero-order chi connectivity index (χ0) is 6.53. The number of nitrogens with zero attached hydrogens (tertiary/aromatic N) is 1. The predicted molar refractivity (Wildman–Crippen MR) is 35.5 cm³/mol. The number of hydrogen-bond acceptors (Lipinski definition) is 2. The Balaban J connectivity index is 2.72. The van der Waals surface area contributed by atoms with Gasteiger partial charge in [0.05, 0.1) is 0 Å². The molecule has 0 aromatic carbocycles. The molecule has 0 atom stereocenters. The van der Waals surface area contributed by atoms with Crippen molar-refractivity contribution in [1.29, 1.82) is 0 Å². The van der Waals surface area contributed by atoms with Crippen molar-refractivity contribution >= 4 is 14.3 Å². The van der Waals surface area contributed by atoms with Crippen molar-refractivity contribution < 1.29 is 4.57 Å². The van der Waals surface area contributed by atoms with Gasteiger partial charge >= 0.3 is 0 Å². The molecule has 0 aliphatic rings. The molecule has 0 spiro atoms. The number of rotatable bonds is 2. The average Bonchev–Trinajstić information content (AvgIpc) is 1.91. The second-order valence-corrected chi connectivity index (χ2v) is 1.85. The molecule has 9 heavy (non-hydrogen) atoms. The lowest BCUT2D eigenvalue weighted by Gasteiger charge is -1.91. The lowest BCUT2D eigenvalue weighted by Crippen LogP contribution is -1.78. The van der Waals surface area contributed by atoms with Crippen LogP contribution < -0.4 is 5.09 Å². The lowest BCUT2D eigenvalue weighted by atomic mass is 10.4. The quantitative estimate of drug-likeness (QED) is 0.635. The highest BCUT2D eigenvalue weighted by atomic mass is 31.1. The van der Waals surface area contributed by atoms with Crippen LogP contribution in [0.15, 0.2) is 24.5 Å². The second-order valence-electron chi connectivity index (χ2n) is 1.44. The molecule has 1 aromatic heterocycles. The van der Waals surface area contributed by atoms with E-state index < -0.39 is 0 Å². The highest BCUT2D eigenvalue weighted by molar-refractivity contribution is 7.25. The summed E-state index contributed by atoms with van der Waals surface area (Å²) in [5.74, 6) is 0. The van der Waals surface area contributed by atoms with Gasteiger partial charge in [-0.3, -0.25) is 4.98 Å². The van der Waals surface area contributed by atoms with E-state index in [1.54, 1.807) is 24.5 Å². The first-order valence-electron chi connectivity index (χ1n) is 2.42. The minimum atomic E-state index is -0.0828. The molecular weight excluding hydrogens is 135 g/mol. The summed E-state index contributed by atoms with van der Waals surface area (Å²) in [5.41, 5.74) is 0.807. The summed E-state index contributed by atoms with van der Waals surface area (Å²) < 4.78 is 9.94. The first-order valence-corrected chi connectivity index (χ1v) is 3.23. The zero-order valence-corrected chi connectivity index (χ0v) is 5.51. The Bertz CT molecular complexity index is 189. The van der Waals surface area contributed by atoms with Crippen LogP contribution in [0.3, 0.4) is 0 Å². The summed E-state index contributed by atoms with van der Waals surface area (Å²) in [4.78, 5) is 3.78. The fourth-order valence-corrected chi connectivity index (χ4v) is 0.734. The molecule has 0 amide bonds. The minimum absolute atomic E-state index is 0.0828. The van der Waals surface area contributed by atoms with Crippen LogP contribution >= 0.6 is 8.61 Å². The monoisotopic (exact) mass is 140 g/mol. The smallest absolute Gasteiger partial charge is 0.279 e. The van der Waals surface area contributed by atoms with Crippen LogP contribution in [0, 0.1) is 0 Å². The molecule has 0 fully saturated rings. The number of nitrogens with one attached hydrogen (secondary N) is 1. The van der Waals surface area contributed by atoms with E-state index in [1.165, 1.54) is 0 Å². The molecule has 1 rings (SSSR count). The third-order valence-electron chi connectivity index (χ3n) is 0.855. The van der Waals surface area contributed by atoms with Crippen LogP contribution in [0.4, 0.5) is 5.69 Å². The van der Waals surface area contributed by atoms with Crippen molar-refractivity contribution in [2.75, 3.05) is 5.09 Å². The molecule has 0 saturated heterocycles. The van der Waals surface area contributed by atoms with E-state index >= 15 is 0 Å². The molecule has 4 heteroatoms. The van der Waals surface area contributed by atoms with Crippen LogP contribution in [0.25, 0.3) is 0 Å². The van der Waals surface area contributed by atoms with Gasteiger partial charge in [-0.05, 0) is 12.1 Å². The summed E-state index contributed by atoms with van der Waals surface area (Å²) in [6.07, 6.45) is 3.26. The zero-order valence-electron chi connectivity index (χ0n) is 4.61. The summed E-state index contributed by atoms with van der Waals surface area (Å²) in [5, 5.41) is 2.58. The van der Waals surface area contributed by atoms with Gasteiger partial charge in [-0.15, -0.1) is 0 Å². The van der Waals surface area contributed by atoms with Gasteiger partial charge in [-0.1, -0.05) is 0 Å². The second kappa shape index (κ2) is 3.15. The average molecular weight is 140 g/mol. The van der Waals surface area contributed by atoms with E-state index in [0.717, 1.165) is 5.69 Å². The topological polar surface area (TPSA) is 42.0 Å². The van der Waals surface area contributed by atoms with Crippen LogP contribution in [-0.4, -0.2) is 4.98 Å². The Morgan fingerprint density at radius 3 is 2.67 bits per heavy atom. The lowest BCUT2D eigenvalue weighted by molar-refractivity contribution is 0.601. The van der Waals surface area contributed by atoms with Crippen molar-refractivity contribution in [3.63, 3.8) is 0 Å². The third kappa shape index (κ3) is 1.78. The van der Waals surface area contributed by atoms with Crippen LogP contribution in [-0.2, 0) is 4.57 Å². The molecule has 0 saturated carbocycles. The fraction of sp³-hybridized carbons (Fsp3) is 0. The molecule has 1 aromatic rings. The minimum Gasteiger partial charge on any atom is -0.305 e. The first-order chi connectivity index (χ1) is 4.43. The molecular formula is C5H5N2OP. The SMILES string of the molecule is O=PNc1ccncc1. The third-order valence-corrected chi connectivity index (χ3v) is 1.20. The van der Waals surface area contributed by atoms with Gasteiger partial charge in [-0.2, -0.15) is 0 Å². The van der Waals surface area contributed by atoms with Gasteiger partial charge in [0.15, 0.2) is 0 Å². The summed E-state index contributed by atoms with van der Waals surface area (Å²) in [6, 6.07) is 3.48. The summed E-state index contributed by atoms with van der Waals surface area (Å²) in [7, 11) is -0.0828. The van der Waals surface area contributed by atoms with Crippen molar-refractivity contribution in [1.82, 2.24) is 4.98 Å². The van der Waals surface area contributed by atoms with Gasteiger partial charge in [0, 0.05) is 18.1 Å². The maximum absolute atomic E-state index is 9.94. The van der Waals surface area contributed by atoms with E-state index in [9.17, 15) is 4.57 Å². The Morgan fingerprint density at radius 2 is 2.11 bits per heavy atom. The van der Waals surface area contributed by atoms with E-state index in [1.807, 2.05) is 0 Å². The predicted octanol–water partition coefficient (Wildman–Crippen LogP) is 1.70. The molecule has 1 heterocycles. The Labute approximate surface area is 54.4 Å². The van der Waals surface area contributed by atoms with Crippen LogP contribution in [0.2, 0.25) is 0 Å². The van der Waals surface area contributed by atoms with E-state index in [4.69, 9.17) is 0 Å². The number of anilines is 1. The maximum Gasteiger partial charge on any atom is 0.279 e. The van der Waals surface area contributed by atoms with E-state index in [-0.39, 0.29) is 8.61 Å². The largest absolute Gasteiger partial charge is 0.305 e. The molecule has 0 radical (unpaired) electrons. The maximum atomic E-state index is 9.94. The Morgan fingerprint density at radius 1 is 1.44 bits per heavy atom. The van der Waals surface area contributed by atoms with Crippen molar-refractivity contribution in [3.05, 3.63) is 24.5 Å². The molecule has 0 unspecified atom stereocenters. The van der Waals surface area contributed by atoms with Crippen LogP contribution in [0.5, 0.6) is 0 Å². The Kier molecular flexibility index (Phi) is 2.16. The summed E-state index contributed by atoms with van der Waals surface area (Å²) in [6.45, 7) is 0. The highest BCUT2D eigenvalue weighted by Crippen LogP contribution is 2.06. The van der Waals surface area contributed by atoms with Gasteiger partial charge in [-0.25, -0.2) is 4.57 Å². The Hall–Kier alpha value is -0.950. The van der Waals surface area contributed by atoms with E-state index in [0.29, 0.717) is 0 Å². The molecule has 0 bridgehead atoms. The highest BCUT2D eigenvalue weighted by Gasteiger charge is 1.83. The number of pyridine rings is 1. The van der Waals surface area contributed by atoms with Crippen LogP contribution in [0.1, 0.15) is 0 Å². The first kappa shape index (κ1) is 6.17. The van der Waals surface area contributed by atoms with Crippen molar-refractivity contribution in [2.45, 2.75) is 0 Å². The normalized spacial score (nSPS) is 9.33. The fourth-order valence-electron chi connectivity index (χ4n) is 0.479. The summed E-state index contributed by atoms with van der Waals surface area (Å²) >= 11 is 0. The number of hydrogen-bond donors (Lipinski definition) is 1. The van der Waals surface area contributed by atoms with Gasteiger partial charge in [0.2, 0.25) is 0 Å². The van der Waals surface area contributed by atoms with E-state index in [2.05, 4.69) is 10.1 Å².